The van der Waals surface area contributed by atoms with Crippen LogP contribution in [-0.2, 0) is 0 Å². The van der Waals surface area contributed by atoms with Crippen molar-refractivity contribution in [1.29, 1.82) is 0 Å². The summed E-state index contributed by atoms with van der Waals surface area (Å²) in [7, 11) is 0. The fourth-order valence-corrected chi connectivity index (χ4v) is 2.70. The Labute approximate surface area is 132 Å². The highest BCUT2D eigenvalue weighted by atomic mass is 35.5. The van der Waals surface area contributed by atoms with Gasteiger partial charge in [0.1, 0.15) is 5.82 Å². The van der Waals surface area contributed by atoms with Crippen molar-refractivity contribution < 1.29 is 4.79 Å². The van der Waals surface area contributed by atoms with E-state index >= 15 is 0 Å². The molecule has 2 aromatic rings. The van der Waals surface area contributed by atoms with Gasteiger partial charge in [0.05, 0.1) is 16.6 Å². The number of hydrogen-bond acceptors (Lipinski definition) is 5. The van der Waals surface area contributed by atoms with E-state index in [4.69, 9.17) is 11.6 Å². The SMILES string of the molecule is C[C@H](NC(=O)NCCNc1cnccn1)c1ccc(Cl)s1. The van der Waals surface area contributed by atoms with Crippen LogP contribution in [-0.4, -0.2) is 29.1 Å². The van der Waals surface area contributed by atoms with Crippen molar-refractivity contribution in [3.63, 3.8) is 0 Å². The third kappa shape index (κ3) is 5.20. The van der Waals surface area contributed by atoms with Crippen LogP contribution >= 0.6 is 22.9 Å². The topological polar surface area (TPSA) is 78.9 Å². The largest absolute Gasteiger partial charge is 0.367 e. The van der Waals surface area contributed by atoms with E-state index in [1.165, 1.54) is 11.3 Å². The van der Waals surface area contributed by atoms with Crippen LogP contribution < -0.4 is 16.0 Å². The zero-order valence-corrected chi connectivity index (χ0v) is 13.0. The molecule has 0 aliphatic rings. The molecule has 0 saturated carbocycles. The fraction of sp³-hybridized carbons (Fsp3) is 0.308. The van der Waals surface area contributed by atoms with Crippen LogP contribution in [0.2, 0.25) is 4.34 Å². The van der Waals surface area contributed by atoms with Crippen LogP contribution in [0, 0.1) is 0 Å². The predicted octanol–water partition coefficient (Wildman–Crippen LogP) is 2.66. The maximum atomic E-state index is 11.7. The number of carbonyl (C=O) groups excluding carboxylic acids is 1. The van der Waals surface area contributed by atoms with Crippen LogP contribution in [0.5, 0.6) is 0 Å². The molecule has 3 N–H and O–H groups in total. The number of halogens is 1. The first-order valence-corrected chi connectivity index (χ1v) is 7.64. The molecule has 2 aromatic heterocycles. The number of nitrogens with one attached hydrogen (secondary N) is 3. The van der Waals surface area contributed by atoms with Crippen molar-refractivity contribution in [1.82, 2.24) is 20.6 Å². The standard InChI is InChI=1S/C13H16ClN5OS/c1-9(10-2-3-11(14)21-10)19-13(20)18-7-6-17-12-8-15-4-5-16-12/h2-5,8-9H,6-7H2,1H3,(H,16,17)(H2,18,19,20)/t9-/m0/s1. The Balaban J connectivity index is 1.65. The average Bonchev–Trinajstić information content (AvgIpc) is 2.91. The van der Waals surface area contributed by atoms with Gasteiger partial charge in [-0.1, -0.05) is 11.6 Å². The maximum absolute atomic E-state index is 11.7. The van der Waals surface area contributed by atoms with Crippen molar-refractivity contribution in [3.8, 4) is 0 Å². The molecule has 112 valence electrons. The van der Waals surface area contributed by atoms with E-state index in [2.05, 4.69) is 25.9 Å². The molecule has 0 aliphatic carbocycles. The minimum Gasteiger partial charge on any atom is -0.367 e. The Kier molecular flexibility index (Phi) is 5.77. The summed E-state index contributed by atoms with van der Waals surface area (Å²) >= 11 is 7.33. The van der Waals surface area contributed by atoms with Crippen LogP contribution in [0.1, 0.15) is 17.8 Å². The minimum atomic E-state index is -0.215. The molecule has 0 saturated heterocycles. The first kappa shape index (κ1) is 15.5. The summed E-state index contributed by atoms with van der Waals surface area (Å²) in [5, 5.41) is 8.68. The summed E-state index contributed by atoms with van der Waals surface area (Å²) in [6.07, 6.45) is 4.84. The lowest BCUT2D eigenvalue weighted by molar-refractivity contribution is 0.238. The molecule has 8 heteroatoms. The molecule has 2 rings (SSSR count). The van der Waals surface area contributed by atoms with E-state index in [1.54, 1.807) is 18.6 Å². The van der Waals surface area contributed by atoms with Crippen molar-refractivity contribution in [2.24, 2.45) is 0 Å². The van der Waals surface area contributed by atoms with E-state index in [0.717, 1.165) is 4.88 Å². The molecule has 6 nitrogen and oxygen atoms in total. The number of carbonyl (C=O) groups is 1. The predicted molar refractivity (Wildman–Crippen MR) is 84.8 cm³/mol. The van der Waals surface area contributed by atoms with E-state index < -0.39 is 0 Å². The van der Waals surface area contributed by atoms with Gasteiger partial charge in [-0.05, 0) is 19.1 Å². The molecule has 0 radical (unpaired) electrons. The van der Waals surface area contributed by atoms with Crippen LogP contribution in [0.3, 0.4) is 0 Å². The number of rotatable bonds is 6. The van der Waals surface area contributed by atoms with Gasteiger partial charge in [-0.25, -0.2) is 9.78 Å². The van der Waals surface area contributed by atoms with Crippen molar-refractivity contribution in [2.75, 3.05) is 18.4 Å². The Morgan fingerprint density at radius 3 is 2.90 bits per heavy atom. The third-order valence-corrected chi connectivity index (χ3v) is 4.06. The van der Waals surface area contributed by atoms with Crippen molar-refractivity contribution >= 4 is 34.8 Å². The lowest BCUT2D eigenvalue weighted by Crippen LogP contribution is -2.39. The second kappa shape index (κ2) is 7.80. The van der Waals surface area contributed by atoms with Gasteiger partial charge >= 0.3 is 6.03 Å². The van der Waals surface area contributed by atoms with Gasteiger partial charge in [0.2, 0.25) is 0 Å². The molecule has 21 heavy (non-hydrogen) atoms. The summed E-state index contributed by atoms with van der Waals surface area (Å²) in [5.41, 5.74) is 0. The molecule has 0 bridgehead atoms. The highest BCUT2D eigenvalue weighted by Gasteiger charge is 2.10. The molecular formula is C13H16ClN5OS. The summed E-state index contributed by atoms with van der Waals surface area (Å²) in [4.78, 5) is 20.8. The van der Waals surface area contributed by atoms with Gasteiger partial charge < -0.3 is 16.0 Å². The second-order valence-electron chi connectivity index (χ2n) is 4.28. The normalized spacial score (nSPS) is 11.7. The van der Waals surface area contributed by atoms with Crippen molar-refractivity contribution in [2.45, 2.75) is 13.0 Å². The summed E-state index contributed by atoms with van der Waals surface area (Å²) in [5.74, 6) is 0.682. The van der Waals surface area contributed by atoms with Gasteiger partial charge in [0.25, 0.3) is 0 Å². The van der Waals surface area contributed by atoms with E-state index in [9.17, 15) is 4.79 Å². The molecule has 2 heterocycles. The average molecular weight is 326 g/mol. The van der Waals surface area contributed by atoms with E-state index in [1.807, 2.05) is 19.1 Å². The number of nitrogens with zero attached hydrogens (tertiary/aromatic N) is 2. The van der Waals surface area contributed by atoms with Crippen molar-refractivity contribution in [3.05, 3.63) is 39.9 Å². The molecule has 1 atom stereocenters. The van der Waals surface area contributed by atoms with E-state index in [-0.39, 0.29) is 12.1 Å². The zero-order chi connectivity index (χ0) is 15.1. The number of urea groups is 1. The Hall–Kier alpha value is -1.86. The number of hydrogen-bond donors (Lipinski definition) is 3. The highest BCUT2D eigenvalue weighted by Crippen LogP contribution is 2.26. The monoisotopic (exact) mass is 325 g/mol. The molecule has 0 aromatic carbocycles. The summed E-state index contributed by atoms with van der Waals surface area (Å²) in [6.45, 7) is 2.98. The Morgan fingerprint density at radius 2 is 2.24 bits per heavy atom. The Bertz CT molecular complexity index is 577. The molecule has 2 amide bonds. The number of amides is 2. The Morgan fingerprint density at radius 1 is 1.38 bits per heavy atom. The maximum Gasteiger partial charge on any atom is 0.315 e. The van der Waals surface area contributed by atoms with Gasteiger partial charge in [-0.3, -0.25) is 4.98 Å². The van der Waals surface area contributed by atoms with Gasteiger partial charge in [-0.2, -0.15) is 0 Å². The van der Waals surface area contributed by atoms with Gasteiger partial charge in [-0.15, -0.1) is 11.3 Å². The first-order valence-electron chi connectivity index (χ1n) is 6.44. The van der Waals surface area contributed by atoms with E-state index in [0.29, 0.717) is 23.2 Å². The highest BCUT2D eigenvalue weighted by molar-refractivity contribution is 7.16. The quantitative estimate of drug-likeness (QED) is 0.713. The van der Waals surface area contributed by atoms with Crippen LogP contribution in [0.25, 0.3) is 0 Å². The number of aromatic nitrogens is 2. The van der Waals surface area contributed by atoms with Crippen LogP contribution in [0.4, 0.5) is 10.6 Å². The van der Waals surface area contributed by atoms with Gasteiger partial charge in [0, 0.05) is 30.4 Å². The number of anilines is 1. The minimum absolute atomic E-state index is 0.0737. The molecule has 0 spiro atoms. The first-order chi connectivity index (χ1) is 10.1. The molecule has 0 unspecified atom stereocenters. The zero-order valence-electron chi connectivity index (χ0n) is 11.5. The van der Waals surface area contributed by atoms with Gasteiger partial charge in [0.15, 0.2) is 0 Å². The molecule has 0 fully saturated rings. The summed E-state index contributed by atoms with van der Waals surface area (Å²) < 4.78 is 0.715. The smallest absolute Gasteiger partial charge is 0.315 e. The molecular weight excluding hydrogens is 310 g/mol. The fourth-order valence-electron chi connectivity index (χ4n) is 1.64. The lowest BCUT2D eigenvalue weighted by atomic mass is 10.3. The third-order valence-electron chi connectivity index (χ3n) is 2.65. The van der Waals surface area contributed by atoms with Crippen LogP contribution in [0.15, 0.2) is 30.7 Å². The second-order valence-corrected chi connectivity index (χ2v) is 6.03. The molecule has 0 aliphatic heterocycles. The lowest BCUT2D eigenvalue weighted by Gasteiger charge is -2.13. The summed E-state index contributed by atoms with van der Waals surface area (Å²) in [6, 6.07) is 3.44. The number of thiophene rings is 1.